The number of fused-ring (bicyclic) bond motifs is 1. The molecule has 0 fully saturated rings. The summed E-state index contributed by atoms with van der Waals surface area (Å²) in [6.07, 6.45) is -0.551. The summed E-state index contributed by atoms with van der Waals surface area (Å²) < 4.78 is 73.0. The van der Waals surface area contributed by atoms with Crippen molar-refractivity contribution in [3.8, 4) is 17.3 Å². The van der Waals surface area contributed by atoms with Crippen molar-refractivity contribution in [3.05, 3.63) is 42.5 Å². The average Bonchev–Trinajstić information content (AvgIpc) is 3.36. The van der Waals surface area contributed by atoms with Crippen molar-refractivity contribution in [2.75, 3.05) is 11.8 Å². The minimum Gasteiger partial charge on any atom is -0.479 e. The Balaban J connectivity index is 1.67. The summed E-state index contributed by atoms with van der Waals surface area (Å²) in [6.45, 7) is 0. The normalized spacial score (nSPS) is 12.3. The van der Waals surface area contributed by atoms with Gasteiger partial charge in [-0.2, -0.15) is 23.4 Å². The van der Waals surface area contributed by atoms with E-state index in [4.69, 9.17) is 4.74 Å². The summed E-state index contributed by atoms with van der Waals surface area (Å²) in [6, 6.07) is 3.25. The maximum Gasteiger partial charge on any atom is 0.432 e. The molecule has 4 heterocycles. The van der Waals surface area contributed by atoms with E-state index >= 15 is 0 Å². The molecule has 0 atom stereocenters. The van der Waals surface area contributed by atoms with Crippen molar-refractivity contribution in [1.82, 2.24) is 29.9 Å². The number of hydrogen-bond acceptors (Lipinski definition) is 7. The molecule has 2 N–H and O–H groups in total. The molecule has 0 aliphatic heterocycles. The molecule has 0 spiro atoms. The third kappa shape index (κ3) is 3.76. The summed E-state index contributed by atoms with van der Waals surface area (Å²) in [5, 5.41) is 10.1. The van der Waals surface area contributed by atoms with Gasteiger partial charge in [-0.3, -0.25) is 19.5 Å². The Bertz CT molecular complexity index is 1360. The number of aryl methyl sites for hydroxylation is 1. The second-order valence-electron chi connectivity index (χ2n) is 6.36. The number of aromatic amines is 1. The van der Waals surface area contributed by atoms with Crippen molar-refractivity contribution in [2.45, 2.75) is 11.1 Å². The summed E-state index contributed by atoms with van der Waals surface area (Å²) in [5.74, 6) is 0.0421. The van der Waals surface area contributed by atoms with Crippen LogP contribution in [0.3, 0.4) is 0 Å². The van der Waals surface area contributed by atoms with Crippen molar-refractivity contribution in [3.63, 3.8) is 0 Å². The zero-order chi connectivity index (χ0) is 22.4. The number of halogens is 3. The number of rotatable bonds is 5. The Kier molecular flexibility index (Phi) is 4.80. The number of H-pyrrole nitrogens is 1. The van der Waals surface area contributed by atoms with Crippen LogP contribution in [0.25, 0.3) is 22.3 Å². The molecule has 0 bridgehead atoms. The molecule has 10 nitrogen and oxygen atoms in total. The van der Waals surface area contributed by atoms with Gasteiger partial charge in [0.15, 0.2) is 0 Å². The van der Waals surface area contributed by atoms with Gasteiger partial charge in [0.2, 0.25) is 5.88 Å². The van der Waals surface area contributed by atoms with E-state index in [2.05, 4.69) is 24.9 Å². The van der Waals surface area contributed by atoms with E-state index < -0.39 is 21.9 Å². The van der Waals surface area contributed by atoms with E-state index in [0.717, 1.165) is 12.3 Å². The van der Waals surface area contributed by atoms with Gasteiger partial charge in [0.05, 0.1) is 24.5 Å². The van der Waals surface area contributed by atoms with E-state index in [1.165, 1.54) is 36.3 Å². The Morgan fingerprint density at radius 2 is 1.90 bits per heavy atom. The quantitative estimate of drug-likeness (QED) is 0.475. The third-order valence-corrected chi connectivity index (χ3v) is 5.70. The molecule has 162 valence electrons. The molecular formula is C17H14F3N7O3S. The number of aromatic nitrogens is 6. The minimum absolute atomic E-state index is 0.0421. The largest absolute Gasteiger partial charge is 0.479 e. The van der Waals surface area contributed by atoms with E-state index in [-0.39, 0.29) is 27.9 Å². The monoisotopic (exact) mass is 453 g/mol. The number of anilines is 1. The molecular weight excluding hydrogens is 439 g/mol. The van der Waals surface area contributed by atoms with Gasteiger partial charge < -0.3 is 4.74 Å². The minimum atomic E-state index is -4.58. The molecule has 4 rings (SSSR count). The van der Waals surface area contributed by atoms with E-state index in [9.17, 15) is 21.6 Å². The smallest absolute Gasteiger partial charge is 0.432 e. The van der Waals surface area contributed by atoms with Crippen molar-refractivity contribution in [2.24, 2.45) is 7.05 Å². The lowest BCUT2D eigenvalue weighted by Crippen LogP contribution is -2.15. The molecule has 0 saturated heterocycles. The Morgan fingerprint density at radius 1 is 1.13 bits per heavy atom. The maximum absolute atomic E-state index is 12.9. The molecule has 4 aromatic heterocycles. The van der Waals surface area contributed by atoms with Crippen LogP contribution in [0.4, 0.5) is 18.9 Å². The first-order valence-corrected chi connectivity index (χ1v) is 10.0. The average molecular weight is 453 g/mol. The molecule has 0 saturated carbocycles. The van der Waals surface area contributed by atoms with Crippen molar-refractivity contribution < 1.29 is 26.3 Å². The first-order chi connectivity index (χ1) is 14.6. The number of nitrogens with zero attached hydrogens (tertiary/aromatic N) is 5. The van der Waals surface area contributed by atoms with E-state index in [0.29, 0.717) is 10.9 Å². The highest BCUT2D eigenvalue weighted by Crippen LogP contribution is 2.33. The van der Waals surface area contributed by atoms with Gasteiger partial charge in [-0.25, -0.2) is 13.4 Å². The molecule has 31 heavy (non-hydrogen) atoms. The highest BCUT2D eigenvalue weighted by atomic mass is 32.2. The zero-order valence-corrected chi connectivity index (χ0v) is 16.8. The lowest BCUT2D eigenvalue weighted by Gasteiger charge is -2.13. The van der Waals surface area contributed by atoms with Gasteiger partial charge in [-0.05, 0) is 18.2 Å². The Hall–Kier alpha value is -3.68. The van der Waals surface area contributed by atoms with Gasteiger partial charge in [-0.1, -0.05) is 0 Å². The summed E-state index contributed by atoms with van der Waals surface area (Å²) in [7, 11) is -1.15. The molecule has 0 amide bonds. The number of hydrogen-bond donors (Lipinski definition) is 2. The third-order valence-electron chi connectivity index (χ3n) is 4.36. The molecule has 0 aliphatic rings. The number of alkyl halides is 3. The second kappa shape index (κ2) is 7.23. The highest BCUT2D eigenvalue weighted by molar-refractivity contribution is 7.92. The zero-order valence-electron chi connectivity index (χ0n) is 16.0. The predicted octanol–water partition coefficient (Wildman–Crippen LogP) is 2.58. The van der Waals surface area contributed by atoms with Crippen LogP contribution in [-0.2, 0) is 23.2 Å². The van der Waals surface area contributed by atoms with Gasteiger partial charge in [-0.15, -0.1) is 0 Å². The Labute approximate surface area is 173 Å². The second-order valence-corrected chi connectivity index (χ2v) is 8.05. The number of sulfonamides is 1. The Morgan fingerprint density at radius 3 is 2.52 bits per heavy atom. The fraction of sp³-hybridized carbons (Fsp3) is 0.176. The van der Waals surface area contributed by atoms with Crippen LogP contribution in [-0.4, -0.2) is 45.5 Å². The van der Waals surface area contributed by atoms with E-state index in [1.807, 2.05) is 5.10 Å². The van der Waals surface area contributed by atoms with Crippen LogP contribution < -0.4 is 9.46 Å². The summed E-state index contributed by atoms with van der Waals surface area (Å²) >= 11 is 0. The fourth-order valence-electron chi connectivity index (χ4n) is 2.88. The molecule has 0 radical (unpaired) electrons. The fourth-order valence-corrected chi connectivity index (χ4v) is 3.89. The molecule has 0 aromatic carbocycles. The van der Waals surface area contributed by atoms with Crippen LogP contribution in [0.15, 0.2) is 41.7 Å². The van der Waals surface area contributed by atoms with Gasteiger partial charge in [0.25, 0.3) is 10.0 Å². The van der Waals surface area contributed by atoms with E-state index in [1.54, 1.807) is 7.05 Å². The first kappa shape index (κ1) is 20.6. The van der Waals surface area contributed by atoms with Gasteiger partial charge >= 0.3 is 6.18 Å². The summed E-state index contributed by atoms with van der Waals surface area (Å²) in [4.78, 5) is 7.78. The number of ether oxygens (including phenoxy) is 1. The standard InChI is InChI=1S/C17H14F3N7O3S/c1-27-15-9(7-23-27)6-22-16(30-2)14(15)26-31(28,29)10-3-4-11(21-8-10)12-5-13(25-24-12)17(18,19)20/h3-8,26H,1-2H3,(H,24,25). The lowest BCUT2D eigenvalue weighted by molar-refractivity contribution is -0.141. The first-order valence-electron chi connectivity index (χ1n) is 8.56. The van der Waals surface area contributed by atoms with Crippen LogP contribution in [0.5, 0.6) is 5.88 Å². The lowest BCUT2D eigenvalue weighted by atomic mass is 10.2. The maximum atomic E-state index is 12.9. The van der Waals surface area contributed by atoms with Crippen LogP contribution in [0, 0.1) is 0 Å². The van der Waals surface area contributed by atoms with Crippen molar-refractivity contribution >= 4 is 26.6 Å². The molecule has 4 aromatic rings. The highest BCUT2D eigenvalue weighted by Gasteiger charge is 2.33. The summed E-state index contributed by atoms with van der Waals surface area (Å²) in [5.41, 5.74) is -0.498. The van der Waals surface area contributed by atoms with Gasteiger partial charge in [0.1, 0.15) is 22.0 Å². The topological polar surface area (TPSA) is 128 Å². The van der Waals surface area contributed by atoms with Crippen LogP contribution in [0.2, 0.25) is 0 Å². The van der Waals surface area contributed by atoms with Crippen LogP contribution >= 0.6 is 0 Å². The molecule has 0 unspecified atom stereocenters. The molecule has 0 aliphatic carbocycles. The van der Waals surface area contributed by atoms with Gasteiger partial charge in [0, 0.05) is 24.8 Å². The predicted molar refractivity (Wildman–Crippen MR) is 103 cm³/mol. The SMILES string of the molecule is COc1ncc2cnn(C)c2c1NS(=O)(=O)c1ccc(-c2cc(C(F)(F)F)[nH]n2)nc1. The number of nitrogens with one attached hydrogen (secondary N) is 2. The number of methoxy groups -OCH3 is 1. The van der Waals surface area contributed by atoms with Crippen LogP contribution in [0.1, 0.15) is 5.69 Å². The number of pyridine rings is 2. The van der Waals surface area contributed by atoms with Crippen molar-refractivity contribution in [1.29, 1.82) is 0 Å². The molecule has 14 heteroatoms.